The van der Waals surface area contributed by atoms with E-state index in [1.165, 1.54) is 26.4 Å². The molecule has 0 bridgehead atoms. The van der Waals surface area contributed by atoms with Gasteiger partial charge >= 0.3 is 6.18 Å². The largest absolute Gasteiger partial charge is 0.497 e. The number of fused-ring (bicyclic) bond motifs is 1. The summed E-state index contributed by atoms with van der Waals surface area (Å²) in [5.41, 5.74) is 0.907. The molecule has 1 aromatic heterocycles. The Morgan fingerprint density at radius 1 is 0.913 bits per heavy atom. The number of nitrogens with zero attached hydrogens (tertiary/aromatic N) is 2. The molecular weight excluding hydrogens is 309 g/mol. The number of ether oxygens (including phenoxy) is 2. The van der Waals surface area contributed by atoms with Gasteiger partial charge in [-0.2, -0.15) is 13.2 Å². The average Bonchev–Trinajstić information content (AvgIpc) is 2.93. The molecule has 0 radical (unpaired) electrons. The molecule has 23 heavy (non-hydrogen) atoms. The maximum absolute atomic E-state index is 13.4. The molecule has 120 valence electrons. The van der Waals surface area contributed by atoms with Crippen molar-refractivity contribution >= 4 is 11.0 Å². The molecule has 0 aliphatic rings. The maximum atomic E-state index is 13.4. The number of aromatic nitrogens is 2. The van der Waals surface area contributed by atoms with E-state index < -0.39 is 12.0 Å². The first-order chi connectivity index (χ1) is 10.9. The van der Waals surface area contributed by atoms with E-state index >= 15 is 0 Å². The average molecular weight is 322 g/mol. The normalized spacial score (nSPS) is 11.7. The molecule has 0 fully saturated rings. The Hall–Kier alpha value is -2.70. The number of benzene rings is 2. The van der Waals surface area contributed by atoms with Gasteiger partial charge in [0, 0.05) is 11.8 Å². The summed E-state index contributed by atoms with van der Waals surface area (Å²) < 4.78 is 51.3. The Morgan fingerprint density at radius 2 is 1.52 bits per heavy atom. The molecule has 0 aliphatic heterocycles. The van der Waals surface area contributed by atoms with Crippen LogP contribution in [0.5, 0.6) is 11.5 Å². The van der Waals surface area contributed by atoms with Crippen molar-refractivity contribution in [2.45, 2.75) is 6.18 Å². The quantitative estimate of drug-likeness (QED) is 0.729. The van der Waals surface area contributed by atoms with Crippen molar-refractivity contribution in [3.63, 3.8) is 0 Å². The van der Waals surface area contributed by atoms with Crippen LogP contribution in [0.25, 0.3) is 16.7 Å². The summed E-state index contributed by atoms with van der Waals surface area (Å²) in [5, 5.41) is 0. The molecule has 0 saturated carbocycles. The van der Waals surface area contributed by atoms with Crippen LogP contribution in [0.4, 0.5) is 13.2 Å². The Morgan fingerprint density at radius 3 is 2.09 bits per heavy atom. The van der Waals surface area contributed by atoms with Gasteiger partial charge in [-0.15, -0.1) is 0 Å². The summed E-state index contributed by atoms with van der Waals surface area (Å²) in [5.74, 6) is 0.0381. The first-order valence-corrected chi connectivity index (χ1v) is 6.72. The molecule has 0 unspecified atom stereocenters. The highest BCUT2D eigenvalue weighted by Gasteiger charge is 2.38. The van der Waals surface area contributed by atoms with E-state index in [1.807, 2.05) is 0 Å². The molecule has 0 N–H and O–H groups in total. The fourth-order valence-electron chi connectivity index (χ4n) is 2.36. The Kier molecular flexibility index (Phi) is 3.63. The van der Waals surface area contributed by atoms with Gasteiger partial charge in [-0.25, -0.2) is 4.98 Å². The molecule has 7 heteroatoms. The van der Waals surface area contributed by atoms with Gasteiger partial charge in [-0.05, 0) is 36.4 Å². The number of imidazole rings is 1. The van der Waals surface area contributed by atoms with Crippen molar-refractivity contribution in [2.75, 3.05) is 14.2 Å². The lowest BCUT2D eigenvalue weighted by Gasteiger charge is -2.12. The third kappa shape index (κ3) is 2.69. The second-order valence-electron chi connectivity index (χ2n) is 4.82. The Balaban J connectivity index is 2.29. The van der Waals surface area contributed by atoms with Crippen LogP contribution in [-0.2, 0) is 6.18 Å². The van der Waals surface area contributed by atoms with Crippen LogP contribution < -0.4 is 9.47 Å². The van der Waals surface area contributed by atoms with Gasteiger partial charge < -0.3 is 9.47 Å². The number of rotatable bonds is 3. The van der Waals surface area contributed by atoms with Crippen molar-refractivity contribution in [1.29, 1.82) is 0 Å². The fraction of sp³-hybridized carbons (Fsp3) is 0.188. The molecule has 3 rings (SSSR count). The van der Waals surface area contributed by atoms with Gasteiger partial charge in [0.15, 0.2) is 0 Å². The maximum Gasteiger partial charge on any atom is 0.450 e. The molecule has 2 aromatic carbocycles. The minimum Gasteiger partial charge on any atom is -0.497 e. The van der Waals surface area contributed by atoms with Crippen LogP contribution in [0.15, 0.2) is 42.5 Å². The van der Waals surface area contributed by atoms with E-state index in [1.54, 1.807) is 30.3 Å². The highest BCUT2D eigenvalue weighted by Crippen LogP contribution is 2.35. The van der Waals surface area contributed by atoms with Crippen LogP contribution in [0.1, 0.15) is 5.82 Å². The zero-order valence-electron chi connectivity index (χ0n) is 12.4. The topological polar surface area (TPSA) is 36.3 Å². The summed E-state index contributed by atoms with van der Waals surface area (Å²) >= 11 is 0. The molecular formula is C16H13F3N2O2. The van der Waals surface area contributed by atoms with Crippen molar-refractivity contribution in [1.82, 2.24) is 9.55 Å². The molecule has 0 spiro atoms. The van der Waals surface area contributed by atoms with Crippen LogP contribution >= 0.6 is 0 Å². The van der Waals surface area contributed by atoms with E-state index in [0.29, 0.717) is 22.7 Å². The Labute approximate surface area is 130 Å². The van der Waals surface area contributed by atoms with Crippen LogP contribution in [-0.4, -0.2) is 23.8 Å². The predicted molar refractivity (Wildman–Crippen MR) is 79.2 cm³/mol. The fourth-order valence-corrected chi connectivity index (χ4v) is 2.36. The Bertz CT molecular complexity index is 839. The van der Waals surface area contributed by atoms with E-state index in [4.69, 9.17) is 9.47 Å². The molecule has 0 amide bonds. The first kappa shape index (κ1) is 15.2. The number of methoxy groups -OCH3 is 2. The minimum atomic E-state index is -4.58. The van der Waals surface area contributed by atoms with Crippen LogP contribution in [0.2, 0.25) is 0 Å². The number of hydrogen-bond donors (Lipinski definition) is 0. The summed E-state index contributed by atoms with van der Waals surface area (Å²) in [6.07, 6.45) is -4.58. The predicted octanol–water partition coefficient (Wildman–Crippen LogP) is 4.06. The molecule has 0 saturated heterocycles. The second-order valence-corrected chi connectivity index (χ2v) is 4.82. The van der Waals surface area contributed by atoms with Crippen molar-refractivity contribution in [3.8, 4) is 17.2 Å². The highest BCUT2D eigenvalue weighted by atomic mass is 19.4. The van der Waals surface area contributed by atoms with Crippen LogP contribution in [0, 0.1) is 0 Å². The lowest BCUT2D eigenvalue weighted by molar-refractivity contribution is -0.145. The summed E-state index contributed by atoms with van der Waals surface area (Å²) in [6.45, 7) is 0. The molecule has 1 heterocycles. The van der Waals surface area contributed by atoms with E-state index in [9.17, 15) is 13.2 Å². The zero-order chi connectivity index (χ0) is 16.6. The van der Waals surface area contributed by atoms with Gasteiger partial charge in [0.1, 0.15) is 11.5 Å². The molecule has 0 aliphatic carbocycles. The number of hydrogen-bond acceptors (Lipinski definition) is 3. The third-order valence-electron chi connectivity index (χ3n) is 3.45. The van der Waals surface area contributed by atoms with Crippen LogP contribution in [0.3, 0.4) is 0 Å². The minimum absolute atomic E-state index is 0.244. The first-order valence-electron chi connectivity index (χ1n) is 6.72. The molecule has 4 nitrogen and oxygen atoms in total. The SMILES string of the molecule is COc1ccc(-n2c(C(F)(F)F)nc3ccc(OC)cc32)cc1. The molecule has 3 aromatic rings. The second kappa shape index (κ2) is 5.49. The van der Waals surface area contributed by atoms with Crippen molar-refractivity contribution < 1.29 is 22.6 Å². The number of alkyl halides is 3. The summed E-state index contributed by atoms with van der Waals surface area (Å²) in [7, 11) is 2.95. The van der Waals surface area contributed by atoms with E-state index in [-0.39, 0.29) is 5.52 Å². The van der Waals surface area contributed by atoms with Gasteiger partial charge in [0.05, 0.1) is 25.3 Å². The summed E-state index contributed by atoms with van der Waals surface area (Å²) in [6, 6.07) is 10.9. The standard InChI is InChI=1S/C16H13F3N2O2/c1-22-11-5-3-10(4-6-11)21-14-9-12(23-2)7-8-13(14)20-15(21)16(17,18)19/h3-9H,1-2H3. The molecule has 0 atom stereocenters. The zero-order valence-corrected chi connectivity index (χ0v) is 12.4. The van der Waals surface area contributed by atoms with Gasteiger partial charge in [-0.3, -0.25) is 4.57 Å². The van der Waals surface area contributed by atoms with Crippen molar-refractivity contribution in [2.24, 2.45) is 0 Å². The smallest absolute Gasteiger partial charge is 0.450 e. The monoisotopic (exact) mass is 322 g/mol. The lowest BCUT2D eigenvalue weighted by atomic mass is 10.2. The van der Waals surface area contributed by atoms with Gasteiger partial charge in [-0.1, -0.05) is 0 Å². The lowest BCUT2D eigenvalue weighted by Crippen LogP contribution is -2.13. The van der Waals surface area contributed by atoms with E-state index in [2.05, 4.69) is 4.98 Å². The van der Waals surface area contributed by atoms with E-state index in [0.717, 1.165) is 4.57 Å². The number of halogens is 3. The van der Waals surface area contributed by atoms with Gasteiger partial charge in [0.2, 0.25) is 5.82 Å². The van der Waals surface area contributed by atoms with Crippen molar-refractivity contribution in [3.05, 3.63) is 48.3 Å². The van der Waals surface area contributed by atoms with Gasteiger partial charge in [0.25, 0.3) is 0 Å². The highest BCUT2D eigenvalue weighted by molar-refractivity contribution is 5.80. The summed E-state index contributed by atoms with van der Waals surface area (Å²) in [4.78, 5) is 3.73. The third-order valence-corrected chi connectivity index (χ3v) is 3.45.